The van der Waals surface area contributed by atoms with Crippen LogP contribution in [-0.4, -0.2) is 51.7 Å². The van der Waals surface area contributed by atoms with Gasteiger partial charge in [-0.2, -0.15) is 0 Å². The van der Waals surface area contributed by atoms with E-state index in [0.29, 0.717) is 18.8 Å². The molecule has 0 N–H and O–H groups in total. The molecular formula is C14H18O5. The summed E-state index contributed by atoms with van der Waals surface area (Å²) in [4.78, 5) is 12.1. The maximum atomic E-state index is 12.1. The van der Waals surface area contributed by atoms with Gasteiger partial charge >= 0.3 is 5.97 Å². The van der Waals surface area contributed by atoms with Crippen molar-refractivity contribution in [3.05, 3.63) is 35.9 Å². The van der Waals surface area contributed by atoms with Gasteiger partial charge < -0.3 is 18.9 Å². The molecule has 2 rings (SSSR count). The second-order valence-electron chi connectivity index (χ2n) is 4.32. The quantitative estimate of drug-likeness (QED) is 0.768. The van der Waals surface area contributed by atoms with Crippen LogP contribution >= 0.6 is 0 Å². The zero-order valence-electron chi connectivity index (χ0n) is 11.1. The molecule has 0 amide bonds. The van der Waals surface area contributed by atoms with E-state index in [-0.39, 0.29) is 18.2 Å². The highest BCUT2D eigenvalue weighted by Crippen LogP contribution is 2.19. The summed E-state index contributed by atoms with van der Waals surface area (Å²) < 4.78 is 21.4. The molecule has 0 aliphatic carbocycles. The molecule has 1 aromatic rings. The lowest BCUT2D eigenvalue weighted by Gasteiger charge is -2.35. The Labute approximate surface area is 112 Å². The molecule has 5 heteroatoms. The third-order valence-corrected chi connectivity index (χ3v) is 3.16. The molecule has 1 aliphatic heterocycles. The van der Waals surface area contributed by atoms with Gasteiger partial charge in [0.25, 0.3) is 0 Å². The van der Waals surface area contributed by atoms with E-state index in [0.717, 1.165) is 0 Å². The fourth-order valence-electron chi connectivity index (χ4n) is 2.05. The maximum Gasteiger partial charge on any atom is 0.338 e. The van der Waals surface area contributed by atoms with Gasteiger partial charge in [0.1, 0.15) is 12.2 Å². The third-order valence-electron chi connectivity index (χ3n) is 3.16. The molecule has 0 saturated carbocycles. The van der Waals surface area contributed by atoms with Crippen molar-refractivity contribution in [3.63, 3.8) is 0 Å². The Kier molecular flexibility index (Phi) is 4.90. The van der Waals surface area contributed by atoms with Gasteiger partial charge in [0, 0.05) is 14.2 Å². The van der Waals surface area contributed by atoms with Crippen LogP contribution in [-0.2, 0) is 18.9 Å². The minimum atomic E-state index is -0.462. The number of carbonyl (C=O) groups excluding carboxylic acids is 1. The van der Waals surface area contributed by atoms with Crippen molar-refractivity contribution < 1.29 is 23.7 Å². The highest BCUT2D eigenvalue weighted by Gasteiger charge is 2.37. The molecule has 5 nitrogen and oxygen atoms in total. The smallest absolute Gasteiger partial charge is 0.338 e. The average Bonchev–Trinajstić information content (AvgIpc) is 2.48. The first-order valence-corrected chi connectivity index (χ1v) is 6.15. The molecule has 0 bridgehead atoms. The topological polar surface area (TPSA) is 54.0 Å². The highest BCUT2D eigenvalue weighted by atomic mass is 16.6. The molecule has 1 unspecified atom stereocenters. The summed E-state index contributed by atoms with van der Waals surface area (Å²) in [5.41, 5.74) is 0.513. The number of ether oxygens (including phenoxy) is 4. The first kappa shape index (κ1) is 14.0. The lowest BCUT2D eigenvalue weighted by Crippen LogP contribution is -2.51. The van der Waals surface area contributed by atoms with Gasteiger partial charge in [-0.25, -0.2) is 4.79 Å². The highest BCUT2D eigenvalue weighted by molar-refractivity contribution is 5.89. The third kappa shape index (κ3) is 3.32. The van der Waals surface area contributed by atoms with E-state index < -0.39 is 6.10 Å². The number of hydrogen-bond acceptors (Lipinski definition) is 5. The molecule has 1 saturated heterocycles. The van der Waals surface area contributed by atoms with Crippen molar-refractivity contribution in [2.24, 2.45) is 0 Å². The van der Waals surface area contributed by atoms with Crippen LogP contribution in [0, 0.1) is 0 Å². The second kappa shape index (κ2) is 6.65. The first-order chi connectivity index (χ1) is 9.26. The molecule has 0 aromatic heterocycles. The molecule has 104 valence electrons. The number of esters is 1. The monoisotopic (exact) mass is 266 g/mol. The van der Waals surface area contributed by atoms with Crippen molar-refractivity contribution >= 4 is 5.97 Å². The fourth-order valence-corrected chi connectivity index (χ4v) is 2.05. The van der Waals surface area contributed by atoms with Crippen LogP contribution in [0.1, 0.15) is 10.4 Å². The van der Waals surface area contributed by atoms with Crippen LogP contribution in [0.2, 0.25) is 0 Å². The Morgan fingerprint density at radius 1 is 1.11 bits per heavy atom. The SMILES string of the molecule is CO[C@H]1COC[C@@H](OC)C1OC(=O)c1ccccc1. The molecule has 3 atom stereocenters. The van der Waals surface area contributed by atoms with Crippen LogP contribution in [0.25, 0.3) is 0 Å². The van der Waals surface area contributed by atoms with Crippen LogP contribution in [0.5, 0.6) is 0 Å². The Hall–Kier alpha value is -1.43. The van der Waals surface area contributed by atoms with E-state index in [2.05, 4.69) is 0 Å². The molecule has 0 radical (unpaired) electrons. The van der Waals surface area contributed by atoms with E-state index >= 15 is 0 Å². The van der Waals surface area contributed by atoms with Gasteiger partial charge in [0.05, 0.1) is 18.8 Å². The van der Waals surface area contributed by atoms with Crippen molar-refractivity contribution in [2.45, 2.75) is 18.3 Å². The minimum Gasteiger partial charge on any atom is -0.453 e. The predicted octanol–water partition coefficient (Wildman–Crippen LogP) is 1.27. The lowest BCUT2D eigenvalue weighted by molar-refractivity contribution is -0.171. The molecular weight excluding hydrogens is 248 g/mol. The largest absolute Gasteiger partial charge is 0.453 e. The number of benzene rings is 1. The average molecular weight is 266 g/mol. The summed E-state index contributed by atoms with van der Waals surface area (Å²) in [7, 11) is 3.13. The normalized spacial score (nSPS) is 26.9. The lowest BCUT2D eigenvalue weighted by atomic mass is 10.1. The van der Waals surface area contributed by atoms with Gasteiger partial charge in [-0.05, 0) is 12.1 Å². The first-order valence-electron chi connectivity index (χ1n) is 6.15. The Bertz CT molecular complexity index is 394. The molecule has 1 aliphatic rings. The Morgan fingerprint density at radius 3 is 2.21 bits per heavy atom. The fraction of sp³-hybridized carbons (Fsp3) is 0.500. The second-order valence-corrected chi connectivity index (χ2v) is 4.32. The van der Waals surface area contributed by atoms with E-state index in [4.69, 9.17) is 18.9 Å². The molecule has 0 spiro atoms. The molecule has 19 heavy (non-hydrogen) atoms. The van der Waals surface area contributed by atoms with Crippen LogP contribution < -0.4 is 0 Å². The van der Waals surface area contributed by atoms with Crippen molar-refractivity contribution in [1.29, 1.82) is 0 Å². The summed E-state index contributed by atoms with van der Waals surface area (Å²) in [6.07, 6.45) is -1.09. The number of methoxy groups -OCH3 is 2. The van der Waals surface area contributed by atoms with Crippen LogP contribution in [0.15, 0.2) is 30.3 Å². The van der Waals surface area contributed by atoms with E-state index in [1.165, 1.54) is 0 Å². The van der Waals surface area contributed by atoms with Gasteiger partial charge in [-0.1, -0.05) is 18.2 Å². The van der Waals surface area contributed by atoms with Gasteiger partial charge in [-0.3, -0.25) is 0 Å². The van der Waals surface area contributed by atoms with Crippen LogP contribution in [0.3, 0.4) is 0 Å². The molecule has 1 fully saturated rings. The van der Waals surface area contributed by atoms with Crippen LogP contribution in [0.4, 0.5) is 0 Å². The number of hydrogen-bond donors (Lipinski definition) is 0. The Balaban J connectivity index is 2.07. The number of carbonyl (C=O) groups is 1. The van der Waals surface area contributed by atoms with E-state index in [9.17, 15) is 4.79 Å². The zero-order valence-corrected chi connectivity index (χ0v) is 11.1. The summed E-state index contributed by atoms with van der Waals surface area (Å²) in [5.74, 6) is -0.378. The van der Waals surface area contributed by atoms with E-state index in [1.807, 2.05) is 6.07 Å². The van der Waals surface area contributed by atoms with Crippen molar-refractivity contribution in [2.75, 3.05) is 27.4 Å². The van der Waals surface area contributed by atoms with E-state index in [1.54, 1.807) is 38.5 Å². The van der Waals surface area contributed by atoms with Crippen molar-refractivity contribution in [1.82, 2.24) is 0 Å². The Morgan fingerprint density at radius 2 is 1.68 bits per heavy atom. The zero-order chi connectivity index (χ0) is 13.7. The van der Waals surface area contributed by atoms with Gasteiger partial charge in [0.2, 0.25) is 0 Å². The predicted molar refractivity (Wildman–Crippen MR) is 68.1 cm³/mol. The minimum absolute atomic E-state index is 0.314. The summed E-state index contributed by atoms with van der Waals surface area (Å²) in [5, 5.41) is 0. The summed E-state index contributed by atoms with van der Waals surface area (Å²) in [6.45, 7) is 0.784. The summed E-state index contributed by atoms with van der Waals surface area (Å²) in [6, 6.07) is 8.86. The molecule has 1 aromatic carbocycles. The van der Waals surface area contributed by atoms with Gasteiger partial charge in [0.15, 0.2) is 6.10 Å². The standard InChI is InChI=1S/C14H18O5/c1-16-11-8-18-9-12(17-2)13(11)19-14(15)10-6-4-3-5-7-10/h3-7,11-13H,8-9H2,1-2H3/t11-,12+,13?. The number of rotatable bonds is 4. The van der Waals surface area contributed by atoms with Crippen molar-refractivity contribution in [3.8, 4) is 0 Å². The molecule has 1 heterocycles. The summed E-state index contributed by atoms with van der Waals surface area (Å²) >= 11 is 0. The van der Waals surface area contributed by atoms with Gasteiger partial charge in [-0.15, -0.1) is 0 Å². The maximum absolute atomic E-state index is 12.1.